The number of aryl methyl sites for hydroxylation is 1. The minimum Gasteiger partial charge on any atom is -0.341 e. The molecule has 19 heavy (non-hydrogen) atoms. The minimum absolute atomic E-state index is 0.226. The molecule has 0 aliphatic carbocycles. The highest BCUT2D eigenvalue weighted by molar-refractivity contribution is 7.18. The number of benzene rings is 1. The smallest absolute Gasteiger partial charge is 0.272 e. The van der Waals surface area contributed by atoms with Crippen molar-refractivity contribution in [2.75, 3.05) is 5.32 Å². The van der Waals surface area contributed by atoms with Crippen LogP contribution in [-0.4, -0.2) is 15.9 Å². The average Bonchev–Trinajstić information content (AvgIpc) is 2.89. The second-order valence-corrected chi connectivity index (χ2v) is 5.67. The topological polar surface area (TPSA) is 57.8 Å². The minimum atomic E-state index is -0.226. The number of amides is 1. The van der Waals surface area contributed by atoms with Gasteiger partial charge in [-0.2, -0.15) is 0 Å². The molecule has 0 unspecified atom stereocenters. The quantitative estimate of drug-likeness (QED) is 0.754. The Morgan fingerprint density at radius 3 is 2.95 bits per heavy atom. The number of aromatic nitrogens is 2. The molecule has 3 rings (SSSR count). The van der Waals surface area contributed by atoms with Crippen LogP contribution in [0.1, 0.15) is 15.5 Å². The molecular formula is C13H10ClN3OS. The van der Waals surface area contributed by atoms with Crippen LogP contribution in [0.3, 0.4) is 0 Å². The molecule has 0 bridgehead atoms. The summed E-state index contributed by atoms with van der Waals surface area (Å²) in [6, 6.07) is 8.86. The third kappa shape index (κ3) is 2.34. The van der Waals surface area contributed by atoms with Gasteiger partial charge in [0.15, 0.2) is 0 Å². The highest BCUT2D eigenvalue weighted by Gasteiger charge is 2.13. The highest BCUT2D eigenvalue weighted by Crippen LogP contribution is 2.24. The Morgan fingerprint density at radius 2 is 2.21 bits per heavy atom. The molecule has 96 valence electrons. The van der Waals surface area contributed by atoms with Gasteiger partial charge >= 0.3 is 0 Å². The Morgan fingerprint density at radius 1 is 1.42 bits per heavy atom. The molecule has 0 spiro atoms. The van der Waals surface area contributed by atoms with E-state index >= 15 is 0 Å². The number of rotatable bonds is 2. The highest BCUT2D eigenvalue weighted by atomic mass is 35.5. The Bertz CT molecular complexity index is 731. The monoisotopic (exact) mass is 291 g/mol. The van der Waals surface area contributed by atoms with Gasteiger partial charge in [-0.1, -0.05) is 23.7 Å². The van der Waals surface area contributed by atoms with Crippen LogP contribution in [0, 0.1) is 6.92 Å². The van der Waals surface area contributed by atoms with E-state index in [4.69, 9.17) is 11.6 Å². The van der Waals surface area contributed by atoms with Crippen molar-refractivity contribution in [2.45, 2.75) is 6.92 Å². The summed E-state index contributed by atoms with van der Waals surface area (Å²) >= 11 is 7.53. The zero-order chi connectivity index (χ0) is 13.4. The van der Waals surface area contributed by atoms with Crippen molar-refractivity contribution in [3.05, 3.63) is 46.1 Å². The van der Waals surface area contributed by atoms with Crippen LogP contribution in [0.4, 0.5) is 5.69 Å². The Labute approximate surface area is 118 Å². The van der Waals surface area contributed by atoms with E-state index in [2.05, 4.69) is 15.3 Å². The van der Waals surface area contributed by atoms with Crippen molar-refractivity contribution in [1.82, 2.24) is 9.97 Å². The third-order valence-corrected chi connectivity index (χ3v) is 3.89. The van der Waals surface area contributed by atoms with Gasteiger partial charge in [0.2, 0.25) is 0 Å². The number of anilines is 1. The van der Waals surface area contributed by atoms with E-state index < -0.39 is 0 Å². The first-order valence-corrected chi connectivity index (χ1v) is 6.85. The molecule has 2 heterocycles. The second-order valence-electron chi connectivity index (χ2n) is 4.06. The molecular weight excluding hydrogens is 282 g/mol. The van der Waals surface area contributed by atoms with Crippen LogP contribution < -0.4 is 5.32 Å². The molecule has 1 amide bonds. The van der Waals surface area contributed by atoms with Crippen molar-refractivity contribution in [1.29, 1.82) is 0 Å². The number of H-pyrrole nitrogens is 1. The first kappa shape index (κ1) is 12.2. The number of nitrogens with zero attached hydrogens (tertiary/aromatic N) is 1. The zero-order valence-electron chi connectivity index (χ0n) is 10.0. The van der Waals surface area contributed by atoms with Gasteiger partial charge < -0.3 is 10.3 Å². The summed E-state index contributed by atoms with van der Waals surface area (Å²) in [7, 11) is 0. The summed E-state index contributed by atoms with van der Waals surface area (Å²) in [5.41, 5.74) is 1.89. The normalized spacial score (nSPS) is 10.8. The van der Waals surface area contributed by atoms with Crippen LogP contribution in [-0.2, 0) is 0 Å². The molecule has 2 N–H and O–H groups in total. The summed E-state index contributed by atoms with van der Waals surface area (Å²) in [4.78, 5) is 20.4. The Balaban J connectivity index is 1.87. The van der Waals surface area contributed by atoms with E-state index in [0.717, 1.165) is 15.4 Å². The Hall–Kier alpha value is -1.85. The summed E-state index contributed by atoms with van der Waals surface area (Å²) in [6.45, 7) is 1.93. The molecule has 0 atom stereocenters. The molecule has 4 nitrogen and oxygen atoms in total. The standard InChI is InChI=1S/C13H10ClN3OS/c1-7-15-11-6-10(17-13(11)19-7)12(18)16-9-5-3-2-4-8(9)14/h2-6,17H,1H3,(H,16,18). The van der Waals surface area contributed by atoms with E-state index in [9.17, 15) is 4.79 Å². The van der Waals surface area contributed by atoms with Crippen molar-refractivity contribution in [3.63, 3.8) is 0 Å². The number of nitrogens with one attached hydrogen (secondary N) is 2. The lowest BCUT2D eigenvalue weighted by Gasteiger charge is -2.05. The van der Waals surface area contributed by atoms with Crippen LogP contribution in [0.25, 0.3) is 10.3 Å². The van der Waals surface area contributed by atoms with E-state index in [1.54, 1.807) is 18.2 Å². The number of fused-ring (bicyclic) bond motifs is 1. The van der Waals surface area contributed by atoms with Crippen LogP contribution in [0.5, 0.6) is 0 Å². The number of hydrogen-bond acceptors (Lipinski definition) is 3. The second kappa shape index (κ2) is 4.68. The molecule has 2 aromatic heterocycles. The number of carbonyl (C=O) groups excluding carboxylic acids is 1. The maximum absolute atomic E-state index is 12.1. The van der Waals surface area contributed by atoms with Gasteiger partial charge in [-0.3, -0.25) is 4.79 Å². The third-order valence-electron chi connectivity index (χ3n) is 2.66. The largest absolute Gasteiger partial charge is 0.341 e. The van der Waals surface area contributed by atoms with Gasteiger partial charge in [0, 0.05) is 0 Å². The molecule has 1 aromatic carbocycles. The van der Waals surface area contributed by atoms with Crippen molar-refractivity contribution >= 4 is 44.9 Å². The number of carbonyl (C=O) groups is 1. The number of hydrogen-bond donors (Lipinski definition) is 2. The van der Waals surface area contributed by atoms with Gasteiger partial charge in [0.05, 0.1) is 15.7 Å². The van der Waals surface area contributed by atoms with Crippen molar-refractivity contribution in [2.24, 2.45) is 0 Å². The van der Waals surface area contributed by atoms with Crippen LogP contribution in [0.2, 0.25) is 5.02 Å². The number of aromatic amines is 1. The average molecular weight is 292 g/mol. The number of halogens is 1. The van der Waals surface area contributed by atoms with Gasteiger partial charge in [-0.15, -0.1) is 11.3 Å². The number of thiazole rings is 1. The summed E-state index contributed by atoms with van der Waals surface area (Å²) in [5.74, 6) is -0.226. The van der Waals surface area contributed by atoms with Crippen molar-refractivity contribution in [3.8, 4) is 0 Å². The summed E-state index contributed by atoms with van der Waals surface area (Å²) in [5, 5.41) is 4.25. The Kier molecular flexibility index (Phi) is 3.00. The lowest BCUT2D eigenvalue weighted by Crippen LogP contribution is -2.12. The fraction of sp³-hybridized carbons (Fsp3) is 0.0769. The zero-order valence-corrected chi connectivity index (χ0v) is 11.6. The van der Waals surface area contributed by atoms with Gasteiger partial charge in [-0.25, -0.2) is 4.98 Å². The van der Waals surface area contributed by atoms with E-state index in [1.807, 2.05) is 19.1 Å². The number of para-hydroxylation sites is 1. The molecule has 0 saturated heterocycles. The molecule has 6 heteroatoms. The van der Waals surface area contributed by atoms with Gasteiger partial charge in [0.25, 0.3) is 5.91 Å². The summed E-state index contributed by atoms with van der Waals surface area (Å²) in [6.07, 6.45) is 0. The fourth-order valence-corrected chi connectivity index (χ4v) is 2.79. The molecule has 0 aliphatic heterocycles. The molecule has 0 radical (unpaired) electrons. The molecule has 0 saturated carbocycles. The molecule has 0 fully saturated rings. The van der Waals surface area contributed by atoms with Gasteiger partial charge in [-0.05, 0) is 25.1 Å². The van der Waals surface area contributed by atoms with Crippen LogP contribution in [0.15, 0.2) is 30.3 Å². The lowest BCUT2D eigenvalue weighted by atomic mass is 10.3. The first-order valence-electron chi connectivity index (χ1n) is 5.65. The van der Waals surface area contributed by atoms with Crippen LogP contribution >= 0.6 is 22.9 Å². The van der Waals surface area contributed by atoms with E-state index in [0.29, 0.717) is 16.4 Å². The fourth-order valence-electron chi connectivity index (χ4n) is 1.80. The first-order chi connectivity index (χ1) is 9.13. The predicted octanol–water partition coefficient (Wildman–Crippen LogP) is 3.84. The maximum Gasteiger partial charge on any atom is 0.272 e. The molecule has 3 aromatic rings. The van der Waals surface area contributed by atoms with E-state index in [-0.39, 0.29) is 5.91 Å². The summed E-state index contributed by atoms with van der Waals surface area (Å²) < 4.78 is 0. The molecule has 0 aliphatic rings. The van der Waals surface area contributed by atoms with Gasteiger partial charge in [0.1, 0.15) is 16.0 Å². The lowest BCUT2D eigenvalue weighted by molar-refractivity contribution is 0.102. The van der Waals surface area contributed by atoms with E-state index in [1.165, 1.54) is 11.3 Å². The SMILES string of the molecule is Cc1nc2cc(C(=O)Nc3ccccc3Cl)[nH]c2s1. The maximum atomic E-state index is 12.1. The van der Waals surface area contributed by atoms with Crippen molar-refractivity contribution < 1.29 is 4.79 Å². The predicted molar refractivity (Wildman–Crippen MR) is 78.1 cm³/mol.